The minimum absolute atomic E-state index is 0.0888. The first-order valence-corrected chi connectivity index (χ1v) is 10.5. The van der Waals surface area contributed by atoms with Gasteiger partial charge in [-0.3, -0.25) is 4.79 Å². The van der Waals surface area contributed by atoms with Gasteiger partial charge in [-0.25, -0.2) is 0 Å². The number of aromatic nitrogens is 3. The van der Waals surface area contributed by atoms with Crippen LogP contribution in [0.25, 0.3) is 0 Å². The highest BCUT2D eigenvalue weighted by molar-refractivity contribution is 5.68. The van der Waals surface area contributed by atoms with E-state index in [0.717, 1.165) is 11.1 Å². The van der Waals surface area contributed by atoms with Gasteiger partial charge in [0.2, 0.25) is 17.8 Å². The number of rotatable bonds is 7. The third-order valence-corrected chi connectivity index (χ3v) is 5.36. The Morgan fingerprint density at radius 2 is 1.48 bits per heavy atom. The predicted molar refractivity (Wildman–Crippen MR) is 116 cm³/mol. The predicted octanol–water partition coefficient (Wildman–Crippen LogP) is 1.48. The second kappa shape index (κ2) is 9.88. The van der Waals surface area contributed by atoms with Gasteiger partial charge in [0.05, 0.1) is 38.9 Å². The van der Waals surface area contributed by atoms with Gasteiger partial charge in [-0.2, -0.15) is 15.0 Å². The zero-order valence-corrected chi connectivity index (χ0v) is 17.7. The Balaban J connectivity index is 1.65. The summed E-state index contributed by atoms with van der Waals surface area (Å²) in [6.07, 6.45) is -0.0888. The lowest BCUT2D eigenvalue weighted by atomic mass is 10.0. The van der Waals surface area contributed by atoms with E-state index in [1.54, 1.807) is 0 Å². The van der Waals surface area contributed by atoms with Crippen molar-refractivity contribution in [2.75, 3.05) is 67.7 Å². The van der Waals surface area contributed by atoms with Crippen molar-refractivity contribution in [2.45, 2.75) is 19.4 Å². The van der Waals surface area contributed by atoms with Crippen molar-refractivity contribution in [1.29, 1.82) is 0 Å². The van der Waals surface area contributed by atoms with E-state index in [4.69, 9.17) is 14.5 Å². The Morgan fingerprint density at radius 3 is 1.97 bits per heavy atom. The van der Waals surface area contributed by atoms with E-state index in [9.17, 15) is 9.90 Å². The van der Waals surface area contributed by atoms with Gasteiger partial charge in [-0.05, 0) is 12.5 Å². The number of morpholine rings is 2. The van der Waals surface area contributed by atoms with Gasteiger partial charge < -0.3 is 29.7 Å². The van der Waals surface area contributed by atoms with Crippen LogP contribution in [0.1, 0.15) is 23.6 Å². The molecule has 3 heterocycles. The number of nitrogens with one attached hydrogen (secondary N) is 1. The van der Waals surface area contributed by atoms with Crippen LogP contribution in [-0.2, 0) is 14.3 Å². The first kappa shape index (κ1) is 21.3. The highest BCUT2D eigenvalue weighted by Gasteiger charge is 2.23. The molecule has 0 saturated carbocycles. The quantitative estimate of drug-likeness (QED) is 0.672. The number of hydrogen-bond donors (Lipinski definition) is 2. The average Bonchev–Trinajstić information content (AvgIpc) is 2.80. The summed E-state index contributed by atoms with van der Waals surface area (Å²) in [5.74, 6) is 0.610. The van der Waals surface area contributed by atoms with Crippen molar-refractivity contribution in [1.82, 2.24) is 15.0 Å². The van der Waals surface area contributed by atoms with Crippen LogP contribution in [0.15, 0.2) is 24.3 Å². The monoisotopic (exact) mass is 428 g/mol. The van der Waals surface area contributed by atoms with Crippen molar-refractivity contribution in [3.05, 3.63) is 35.4 Å². The second-order valence-corrected chi connectivity index (χ2v) is 7.66. The average molecular weight is 428 g/mol. The summed E-state index contributed by atoms with van der Waals surface area (Å²) < 4.78 is 10.9. The molecule has 0 unspecified atom stereocenters. The third kappa shape index (κ3) is 5.59. The number of benzene rings is 1. The molecule has 1 atom stereocenters. The van der Waals surface area contributed by atoms with Crippen molar-refractivity contribution in [3.8, 4) is 0 Å². The van der Waals surface area contributed by atoms with E-state index in [2.05, 4.69) is 25.1 Å². The molecule has 0 amide bonds. The van der Waals surface area contributed by atoms with Crippen LogP contribution in [-0.4, -0.2) is 78.6 Å². The Hall–Kier alpha value is -2.98. The van der Waals surface area contributed by atoms with Crippen molar-refractivity contribution < 1.29 is 19.4 Å². The number of anilines is 3. The summed E-state index contributed by atoms with van der Waals surface area (Å²) in [6, 6.07) is 7.34. The molecule has 0 aliphatic carbocycles. The van der Waals surface area contributed by atoms with E-state index in [-0.39, 0.29) is 6.42 Å². The van der Waals surface area contributed by atoms with E-state index in [1.807, 2.05) is 31.2 Å². The van der Waals surface area contributed by atoms with E-state index >= 15 is 0 Å². The van der Waals surface area contributed by atoms with E-state index in [0.29, 0.717) is 70.5 Å². The molecule has 0 bridgehead atoms. The van der Waals surface area contributed by atoms with Gasteiger partial charge in [0.25, 0.3) is 0 Å². The molecule has 1 aromatic carbocycles. The minimum atomic E-state index is -0.895. The molecule has 10 nitrogen and oxygen atoms in total. The molecule has 2 aliphatic heterocycles. The normalized spacial score (nSPS) is 18.0. The number of carboxylic acid groups (broad SMARTS) is 1. The number of aryl methyl sites for hydroxylation is 1. The Bertz CT molecular complexity index is 846. The van der Waals surface area contributed by atoms with Gasteiger partial charge in [-0.1, -0.05) is 29.8 Å². The van der Waals surface area contributed by atoms with Crippen LogP contribution in [0.4, 0.5) is 17.8 Å². The summed E-state index contributed by atoms with van der Waals surface area (Å²) in [6.45, 7) is 7.26. The maximum absolute atomic E-state index is 11.5. The fourth-order valence-electron chi connectivity index (χ4n) is 3.61. The molecule has 10 heteroatoms. The molecule has 2 aromatic rings. The zero-order valence-electron chi connectivity index (χ0n) is 17.7. The molecule has 2 N–H and O–H groups in total. The fourth-order valence-corrected chi connectivity index (χ4v) is 3.61. The lowest BCUT2D eigenvalue weighted by Crippen LogP contribution is -2.40. The number of carbonyl (C=O) groups is 1. The molecule has 2 saturated heterocycles. The summed E-state index contributed by atoms with van der Waals surface area (Å²) in [5, 5.41) is 12.7. The van der Waals surface area contributed by atoms with Gasteiger partial charge in [-0.15, -0.1) is 0 Å². The highest BCUT2D eigenvalue weighted by Crippen LogP contribution is 2.25. The number of carboxylic acids is 1. The molecule has 2 aliphatic rings. The lowest BCUT2D eigenvalue weighted by molar-refractivity contribution is -0.137. The molecule has 166 valence electrons. The maximum Gasteiger partial charge on any atom is 0.305 e. The molecule has 1 aromatic heterocycles. The Kier molecular flexibility index (Phi) is 6.78. The molecular formula is C21H28N6O4. The summed E-state index contributed by atoms with van der Waals surface area (Å²) >= 11 is 0. The first-order valence-electron chi connectivity index (χ1n) is 10.5. The van der Waals surface area contributed by atoms with Crippen molar-refractivity contribution >= 4 is 23.8 Å². The second-order valence-electron chi connectivity index (χ2n) is 7.66. The SMILES string of the molecule is Cc1ccc([C@H](CC(=O)O)Nc2nc(N3CCOCC3)nc(N3CCOCC3)n2)cc1. The lowest BCUT2D eigenvalue weighted by Gasteiger charge is -2.30. The van der Waals surface area contributed by atoms with Crippen molar-refractivity contribution in [2.24, 2.45) is 0 Å². The largest absolute Gasteiger partial charge is 0.481 e. The molecule has 31 heavy (non-hydrogen) atoms. The molecule has 2 fully saturated rings. The number of ether oxygens (including phenoxy) is 2. The maximum atomic E-state index is 11.5. The van der Waals surface area contributed by atoms with E-state index < -0.39 is 12.0 Å². The van der Waals surface area contributed by atoms with Gasteiger partial charge in [0.15, 0.2) is 0 Å². The van der Waals surface area contributed by atoms with Crippen LogP contribution in [0, 0.1) is 6.92 Å². The number of aliphatic carboxylic acids is 1. The van der Waals surface area contributed by atoms with Crippen molar-refractivity contribution in [3.63, 3.8) is 0 Å². The molecule has 0 radical (unpaired) electrons. The Labute approximate surface area is 181 Å². The van der Waals surface area contributed by atoms with Crippen LogP contribution in [0.5, 0.6) is 0 Å². The van der Waals surface area contributed by atoms with Crippen LogP contribution in [0.2, 0.25) is 0 Å². The van der Waals surface area contributed by atoms with Crippen LogP contribution in [0.3, 0.4) is 0 Å². The highest BCUT2D eigenvalue weighted by atomic mass is 16.5. The minimum Gasteiger partial charge on any atom is -0.481 e. The van der Waals surface area contributed by atoms with Gasteiger partial charge in [0, 0.05) is 26.2 Å². The third-order valence-electron chi connectivity index (χ3n) is 5.36. The smallest absolute Gasteiger partial charge is 0.305 e. The molecule has 4 rings (SSSR count). The summed E-state index contributed by atoms with van der Waals surface area (Å²) in [5.41, 5.74) is 1.98. The number of hydrogen-bond acceptors (Lipinski definition) is 9. The van der Waals surface area contributed by atoms with Crippen LogP contribution < -0.4 is 15.1 Å². The standard InChI is InChI=1S/C21H28N6O4/c1-15-2-4-16(5-3-15)17(14-18(28)29)22-19-23-20(26-6-10-30-11-7-26)25-21(24-19)27-8-12-31-13-9-27/h2-5,17H,6-14H2,1H3,(H,28,29)(H,22,23,24,25)/t17-/m0/s1. The zero-order chi connectivity index (χ0) is 21.6. The van der Waals surface area contributed by atoms with Gasteiger partial charge in [0.1, 0.15) is 0 Å². The Morgan fingerprint density at radius 1 is 0.968 bits per heavy atom. The number of nitrogens with zero attached hydrogens (tertiary/aromatic N) is 5. The topological polar surface area (TPSA) is 113 Å². The van der Waals surface area contributed by atoms with Gasteiger partial charge >= 0.3 is 5.97 Å². The fraction of sp³-hybridized carbons (Fsp3) is 0.524. The summed E-state index contributed by atoms with van der Waals surface area (Å²) in [7, 11) is 0. The first-order chi connectivity index (χ1) is 15.1. The summed E-state index contributed by atoms with van der Waals surface area (Å²) in [4.78, 5) is 29.6. The molecule has 0 spiro atoms. The molecular weight excluding hydrogens is 400 g/mol. The van der Waals surface area contributed by atoms with E-state index in [1.165, 1.54) is 0 Å². The van der Waals surface area contributed by atoms with Crippen LogP contribution >= 0.6 is 0 Å².